The molecule has 1 N–H and O–H groups in total. The second-order valence-corrected chi connectivity index (χ2v) is 7.61. The summed E-state index contributed by atoms with van der Waals surface area (Å²) >= 11 is 0. The number of aromatic carboxylic acids is 1. The highest BCUT2D eigenvalue weighted by molar-refractivity contribution is 5.87. The van der Waals surface area contributed by atoms with Crippen LogP contribution in [-0.4, -0.2) is 16.1 Å². The maximum absolute atomic E-state index is 12.7. The van der Waals surface area contributed by atoms with Gasteiger partial charge in [0.25, 0.3) is 0 Å². The molecule has 0 spiro atoms. The minimum atomic E-state index is -4.36. The van der Waals surface area contributed by atoms with Gasteiger partial charge in [0.2, 0.25) is 0 Å². The van der Waals surface area contributed by atoms with Crippen molar-refractivity contribution in [3.05, 3.63) is 83.7 Å². The molecule has 0 saturated carbocycles. The van der Waals surface area contributed by atoms with Crippen LogP contribution in [0.4, 0.5) is 13.2 Å². The van der Waals surface area contributed by atoms with Gasteiger partial charge in [-0.25, -0.2) is 4.79 Å². The van der Waals surface area contributed by atoms with Gasteiger partial charge in [-0.2, -0.15) is 13.2 Å². The molecule has 0 aliphatic carbocycles. The lowest BCUT2D eigenvalue weighted by atomic mass is 10.0. The first-order valence-electron chi connectivity index (χ1n) is 9.77. The summed E-state index contributed by atoms with van der Waals surface area (Å²) in [5, 5.41) is 9.04. The van der Waals surface area contributed by atoms with Crippen molar-refractivity contribution in [2.75, 3.05) is 0 Å². The standard InChI is InChI=1S/C24H22F3NO3/c1-15(2)13-22(21-12-7-18(14-28-21)23(29)30)31-20-10-5-17(6-11-20)16-3-8-19(9-4-16)24(25,26)27/h3-12,14-15,22H,13H2,1-2H3,(H,29,30). The molecule has 4 nitrogen and oxygen atoms in total. The van der Waals surface area contributed by atoms with E-state index in [1.807, 2.05) is 0 Å². The predicted molar refractivity (Wildman–Crippen MR) is 111 cm³/mol. The number of rotatable bonds is 7. The SMILES string of the molecule is CC(C)CC(Oc1ccc(-c2ccc(C(F)(F)F)cc2)cc1)c1ccc(C(=O)O)cn1. The summed E-state index contributed by atoms with van der Waals surface area (Å²) in [5.74, 6) is -0.137. The zero-order chi connectivity index (χ0) is 22.6. The van der Waals surface area contributed by atoms with E-state index in [0.29, 0.717) is 29.3 Å². The van der Waals surface area contributed by atoms with E-state index < -0.39 is 17.7 Å². The third-order valence-corrected chi connectivity index (χ3v) is 4.73. The number of carbonyl (C=O) groups is 1. The number of pyridine rings is 1. The van der Waals surface area contributed by atoms with Crippen molar-refractivity contribution >= 4 is 5.97 Å². The largest absolute Gasteiger partial charge is 0.484 e. The second kappa shape index (κ2) is 9.20. The van der Waals surface area contributed by atoms with Gasteiger partial charge in [0.1, 0.15) is 11.9 Å². The molecule has 1 heterocycles. The molecular formula is C24H22F3NO3. The Balaban J connectivity index is 1.77. The molecule has 0 radical (unpaired) electrons. The van der Waals surface area contributed by atoms with Gasteiger partial charge in [0, 0.05) is 6.20 Å². The third-order valence-electron chi connectivity index (χ3n) is 4.73. The topological polar surface area (TPSA) is 59.4 Å². The molecule has 0 amide bonds. The zero-order valence-electron chi connectivity index (χ0n) is 17.1. The average molecular weight is 429 g/mol. The number of aromatic nitrogens is 1. The molecule has 0 bridgehead atoms. The number of hydrogen-bond donors (Lipinski definition) is 1. The van der Waals surface area contributed by atoms with Gasteiger partial charge in [-0.05, 0) is 59.9 Å². The molecule has 2 aromatic carbocycles. The molecule has 1 atom stereocenters. The summed E-state index contributed by atoms with van der Waals surface area (Å²) in [6.07, 6.45) is -2.74. The summed E-state index contributed by atoms with van der Waals surface area (Å²) in [5.41, 5.74) is 1.49. The molecular weight excluding hydrogens is 407 g/mol. The van der Waals surface area contributed by atoms with Gasteiger partial charge in [-0.1, -0.05) is 38.1 Å². The first-order valence-corrected chi connectivity index (χ1v) is 9.77. The normalized spacial score (nSPS) is 12.6. The highest BCUT2D eigenvalue weighted by Crippen LogP contribution is 2.32. The van der Waals surface area contributed by atoms with Crippen LogP contribution in [0.3, 0.4) is 0 Å². The Morgan fingerprint density at radius 2 is 1.55 bits per heavy atom. The third kappa shape index (κ3) is 5.84. The molecule has 162 valence electrons. The van der Waals surface area contributed by atoms with Crippen molar-refractivity contribution < 1.29 is 27.8 Å². The number of benzene rings is 2. The minimum Gasteiger partial charge on any atom is -0.484 e. The number of alkyl halides is 3. The van der Waals surface area contributed by atoms with Crippen LogP contribution in [0.1, 0.15) is 48.0 Å². The Bertz CT molecular complexity index is 1010. The molecule has 0 saturated heterocycles. The maximum atomic E-state index is 12.7. The maximum Gasteiger partial charge on any atom is 0.416 e. The first kappa shape index (κ1) is 22.3. The molecule has 3 aromatic rings. The molecule has 0 aliphatic heterocycles. The van der Waals surface area contributed by atoms with Crippen LogP contribution in [0.15, 0.2) is 66.9 Å². The predicted octanol–water partition coefficient (Wildman–Crippen LogP) is 6.63. The quantitative estimate of drug-likeness (QED) is 0.458. The van der Waals surface area contributed by atoms with E-state index in [9.17, 15) is 18.0 Å². The zero-order valence-corrected chi connectivity index (χ0v) is 17.1. The number of hydrogen-bond acceptors (Lipinski definition) is 3. The highest BCUT2D eigenvalue weighted by atomic mass is 19.4. The summed E-state index contributed by atoms with van der Waals surface area (Å²) in [6, 6.07) is 15.2. The van der Waals surface area contributed by atoms with E-state index in [2.05, 4.69) is 18.8 Å². The lowest BCUT2D eigenvalue weighted by Gasteiger charge is -2.21. The van der Waals surface area contributed by atoms with Crippen molar-refractivity contribution in [2.45, 2.75) is 32.5 Å². The van der Waals surface area contributed by atoms with Gasteiger partial charge < -0.3 is 9.84 Å². The molecule has 1 unspecified atom stereocenters. The summed E-state index contributed by atoms with van der Waals surface area (Å²) < 4.78 is 44.3. The number of carboxylic acid groups (broad SMARTS) is 1. The van der Waals surface area contributed by atoms with Gasteiger partial charge >= 0.3 is 12.1 Å². The highest BCUT2D eigenvalue weighted by Gasteiger charge is 2.30. The van der Waals surface area contributed by atoms with Gasteiger partial charge in [-0.15, -0.1) is 0 Å². The summed E-state index contributed by atoms with van der Waals surface area (Å²) in [7, 11) is 0. The fourth-order valence-electron chi connectivity index (χ4n) is 3.12. The number of ether oxygens (including phenoxy) is 1. The van der Waals surface area contributed by atoms with Crippen molar-refractivity contribution in [3.63, 3.8) is 0 Å². The van der Waals surface area contributed by atoms with Crippen LogP contribution in [0, 0.1) is 5.92 Å². The molecule has 3 rings (SSSR count). The van der Waals surface area contributed by atoms with Gasteiger partial charge in [0.15, 0.2) is 0 Å². The number of carboxylic acids is 1. The van der Waals surface area contributed by atoms with E-state index in [4.69, 9.17) is 9.84 Å². The van der Waals surface area contributed by atoms with Gasteiger partial charge in [0.05, 0.1) is 16.8 Å². The van der Waals surface area contributed by atoms with Crippen LogP contribution in [0.2, 0.25) is 0 Å². The van der Waals surface area contributed by atoms with Crippen LogP contribution >= 0.6 is 0 Å². The Morgan fingerprint density at radius 1 is 0.968 bits per heavy atom. The second-order valence-electron chi connectivity index (χ2n) is 7.61. The van der Waals surface area contributed by atoms with Crippen LogP contribution in [-0.2, 0) is 6.18 Å². The Hall–Kier alpha value is -3.35. The van der Waals surface area contributed by atoms with E-state index in [1.54, 1.807) is 30.3 Å². The molecule has 0 fully saturated rings. The fraction of sp³-hybridized carbons (Fsp3) is 0.250. The van der Waals surface area contributed by atoms with Crippen LogP contribution in [0.25, 0.3) is 11.1 Å². The van der Waals surface area contributed by atoms with Crippen molar-refractivity contribution in [3.8, 4) is 16.9 Å². The smallest absolute Gasteiger partial charge is 0.416 e. The van der Waals surface area contributed by atoms with E-state index >= 15 is 0 Å². The van der Waals surface area contributed by atoms with E-state index in [1.165, 1.54) is 24.4 Å². The molecule has 0 aliphatic rings. The van der Waals surface area contributed by atoms with E-state index in [-0.39, 0.29) is 11.7 Å². The summed E-state index contributed by atoms with van der Waals surface area (Å²) in [4.78, 5) is 15.3. The van der Waals surface area contributed by atoms with Crippen LogP contribution in [0.5, 0.6) is 5.75 Å². The molecule has 31 heavy (non-hydrogen) atoms. The lowest BCUT2D eigenvalue weighted by molar-refractivity contribution is -0.137. The average Bonchev–Trinajstić information content (AvgIpc) is 2.73. The monoisotopic (exact) mass is 429 g/mol. The van der Waals surface area contributed by atoms with Crippen molar-refractivity contribution in [1.29, 1.82) is 0 Å². The van der Waals surface area contributed by atoms with Crippen LogP contribution < -0.4 is 4.74 Å². The van der Waals surface area contributed by atoms with Gasteiger partial charge in [-0.3, -0.25) is 4.98 Å². The Labute approximate surface area is 178 Å². The molecule has 1 aromatic heterocycles. The minimum absolute atomic E-state index is 0.105. The lowest BCUT2D eigenvalue weighted by Crippen LogP contribution is -2.13. The Morgan fingerprint density at radius 3 is 2.00 bits per heavy atom. The number of halogens is 3. The first-order chi connectivity index (χ1) is 14.6. The van der Waals surface area contributed by atoms with E-state index in [0.717, 1.165) is 17.7 Å². The summed E-state index contributed by atoms with van der Waals surface area (Å²) in [6.45, 7) is 4.10. The fourth-order valence-corrected chi connectivity index (χ4v) is 3.12. The Kier molecular flexibility index (Phi) is 6.63. The van der Waals surface area contributed by atoms with Crippen molar-refractivity contribution in [1.82, 2.24) is 4.98 Å². The number of nitrogens with zero attached hydrogens (tertiary/aromatic N) is 1. The molecule has 7 heteroatoms. The van der Waals surface area contributed by atoms with Crippen molar-refractivity contribution in [2.24, 2.45) is 5.92 Å².